The van der Waals surface area contributed by atoms with Crippen molar-refractivity contribution < 1.29 is 23.9 Å². The first-order chi connectivity index (χ1) is 12.5. The third-order valence-corrected chi connectivity index (χ3v) is 4.14. The van der Waals surface area contributed by atoms with Gasteiger partial charge in [0, 0.05) is 18.7 Å². The van der Waals surface area contributed by atoms with Gasteiger partial charge in [0.1, 0.15) is 6.04 Å². The molecule has 1 heterocycles. The molecule has 2 rings (SSSR count). The number of hydrogen-bond donors (Lipinski definition) is 2. The number of carbonyl (C=O) groups excluding carboxylic acids is 3. The fraction of sp³-hybridized carbons (Fsp3) is 0.526. The Morgan fingerprint density at radius 2 is 1.96 bits per heavy atom. The van der Waals surface area contributed by atoms with Gasteiger partial charge in [0.2, 0.25) is 0 Å². The van der Waals surface area contributed by atoms with Crippen LogP contribution in [0.3, 0.4) is 0 Å². The van der Waals surface area contributed by atoms with Crippen molar-refractivity contribution in [3.05, 3.63) is 35.9 Å². The monoisotopic (exact) mass is 362 g/mol. The van der Waals surface area contributed by atoms with Gasteiger partial charge in [-0.05, 0) is 30.9 Å². The largest absolute Gasteiger partial charge is 0.454 e. The maximum atomic E-state index is 12.3. The molecule has 1 fully saturated rings. The lowest BCUT2D eigenvalue weighted by molar-refractivity contribution is -0.151. The number of amides is 2. The van der Waals surface area contributed by atoms with Gasteiger partial charge in [0.25, 0.3) is 11.8 Å². The van der Waals surface area contributed by atoms with Gasteiger partial charge < -0.3 is 20.1 Å². The Morgan fingerprint density at radius 3 is 2.58 bits per heavy atom. The molecule has 1 aliphatic heterocycles. The zero-order valence-corrected chi connectivity index (χ0v) is 15.2. The van der Waals surface area contributed by atoms with Crippen LogP contribution in [0.15, 0.2) is 30.3 Å². The van der Waals surface area contributed by atoms with Gasteiger partial charge >= 0.3 is 5.97 Å². The fourth-order valence-corrected chi connectivity index (χ4v) is 2.62. The maximum absolute atomic E-state index is 12.3. The van der Waals surface area contributed by atoms with Crippen LogP contribution in [0.2, 0.25) is 0 Å². The minimum Gasteiger partial charge on any atom is -0.454 e. The number of ether oxygens (including phenoxy) is 2. The van der Waals surface area contributed by atoms with Crippen LogP contribution in [0.5, 0.6) is 0 Å². The normalized spacial score (nSPS) is 17.6. The van der Waals surface area contributed by atoms with Gasteiger partial charge in [-0.3, -0.25) is 9.59 Å². The second kappa shape index (κ2) is 9.91. The molecule has 0 saturated carbocycles. The molecule has 2 amide bonds. The first kappa shape index (κ1) is 19.9. The molecular formula is C19H26N2O5. The molecule has 0 bridgehead atoms. The quantitative estimate of drug-likeness (QED) is 0.680. The van der Waals surface area contributed by atoms with Gasteiger partial charge in [0.05, 0.1) is 6.10 Å². The number of carbonyl (C=O) groups is 3. The topological polar surface area (TPSA) is 93.7 Å². The molecule has 0 spiro atoms. The van der Waals surface area contributed by atoms with Crippen LogP contribution in [0.4, 0.5) is 0 Å². The molecule has 1 saturated heterocycles. The molecule has 0 radical (unpaired) electrons. The fourth-order valence-electron chi connectivity index (χ4n) is 2.62. The van der Waals surface area contributed by atoms with E-state index in [-0.39, 0.29) is 30.4 Å². The lowest BCUT2D eigenvalue weighted by Gasteiger charge is -2.21. The van der Waals surface area contributed by atoms with E-state index in [1.54, 1.807) is 44.2 Å². The average Bonchev–Trinajstić information content (AvgIpc) is 3.16. The Hall–Kier alpha value is -2.41. The smallest absolute Gasteiger partial charge is 0.329 e. The summed E-state index contributed by atoms with van der Waals surface area (Å²) in [6, 6.07) is 7.80. The summed E-state index contributed by atoms with van der Waals surface area (Å²) in [6.07, 6.45) is 1.94. The lowest BCUT2D eigenvalue weighted by Crippen LogP contribution is -2.46. The molecule has 26 heavy (non-hydrogen) atoms. The molecule has 142 valence electrons. The minimum atomic E-state index is -0.825. The summed E-state index contributed by atoms with van der Waals surface area (Å²) in [7, 11) is 0. The van der Waals surface area contributed by atoms with Gasteiger partial charge in [-0.1, -0.05) is 32.0 Å². The molecule has 0 aromatic heterocycles. The Labute approximate surface area is 153 Å². The predicted octanol–water partition coefficient (Wildman–Crippen LogP) is 1.28. The van der Waals surface area contributed by atoms with Gasteiger partial charge in [-0.2, -0.15) is 0 Å². The molecule has 1 aliphatic rings. The first-order valence-corrected chi connectivity index (χ1v) is 8.88. The van der Waals surface area contributed by atoms with Crippen LogP contribution in [-0.4, -0.2) is 49.7 Å². The molecule has 1 unspecified atom stereocenters. The molecule has 7 heteroatoms. The van der Waals surface area contributed by atoms with E-state index in [4.69, 9.17) is 9.47 Å². The summed E-state index contributed by atoms with van der Waals surface area (Å²) in [5.41, 5.74) is 0.459. The van der Waals surface area contributed by atoms with E-state index in [1.165, 1.54) is 0 Å². The zero-order valence-electron chi connectivity index (χ0n) is 15.2. The van der Waals surface area contributed by atoms with Crippen molar-refractivity contribution in [3.63, 3.8) is 0 Å². The van der Waals surface area contributed by atoms with E-state index >= 15 is 0 Å². The summed E-state index contributed by atoms with van der Waals surface area (Å²) < 4.78 is 10.5. The number of rotatable bonds is 8. The van der Waals surface area contributed by atoms with Crippen LogP contribution in [0.25, 0.3) is 0 Å². The third-order valence-electron chi connectivity index (χ3n) is 4.14. The Balaban J connectivity index is 1.79. The SMILES string of the molecule is CC(C)[C@H](NC(=O)c1ccccc1)C(=O)OCC(=O)NCC1CCCO1. The first-order valence-electron chi connectivity index (χ1n) is 8.88. The van der Waals surface area contributed by atoms with E-state index in [0.717, 1.165) is 12.8 Å². The van der Waals surface area contributed by atoms with Crippen LogP contribution in [0.1, 0.15) is 37.0 Å². The van der Waals surface area contributed by atoms with Crippen molar-refractivity contribution in [3.8, 4) is 0 Å². The summed E-state index contributed by atoms with van der Waals surface area (Å²) in [5.74, 6) is -1.54. The van der Waals surface area contributed by atoms with E-state index in [9.17, 15) is 14.4 Å². The van der Waals surface area contributed by atoms with Crippen LogP contribution in [-0.2, 0) is 19.1 Å². The molecular weight excluding hydrogens is 336 g/mol. The summed E-state index contributed by atoms with van der Waals surface area (Å²) in [5, 5.41) is 5.35. The Bertz CT molecular complexity index is 612. The Morgan fingerprint density at radius 1 is 1.23 bits per heavy atom. The summed E-state index contributed by atoms with van der Waals surface area (Å²) in [4.78, 5) is 36.3. The van der Waals surface area contributed by atoms with Crippen LogP contribution < -0.4 is 10.6 Å². The van der Waals surface area contributed by atoms with Crippen molar-refractivity contribution in [1.82, 2.24) is 10.6 Å². The highest BCUT2D eigenvalue weighted by atomic mass is 16.5. The molecule has 1 aromatic carbocycles. The molecule has 7 nitrogen and oxygen atoms in total. The highest BCUT2D eigenvalue weighted by molar-refractivity contribution is 5.97. The molecule has 1 aromatic rings. The van der Waals surface area contributed by atoms with E-state index in [0.29, 0.717) is 18.7 Å². The van der Waals surface area contributed by atoms with Crippen molar-refractivity contribution in [2.75, 3.05) is 19.8 Å². The van der Waals surface area contributed by atoms with Crippen molar-refractivity contribution in [1.29, 1.82) is 0 Å². The standard InChI is InChI=1S/C19H26N2O5/c1-13(2)17(21-18(23)14-7-4-3-5-8-14)19(24)26-12-16(22)20-11-15-9-6-10-25-15/h3-5,7-8,13,15,17H,6,9-12H2,1-2H3,(H,20,22)(H,21,23)/t15?,17-/m0/s1. The van der Waals surface area contributed by atoms with E-state index < -0.39 is 12.0 Å². The predicted molar refractivity (Wildman–Crippen MR) is 95.5 cm³/mol. The van der Waals surface area contributed by atoms with Gasteiger partial charge in [0.15, 0.2) is 6.61 Å². The van der Waals surface area contributed by atoms with Crippen molar-refractivity contribution >= 4 is 17.8 Å². The second-order valence-electron chi connectivity index (χ2n) is 6.61. The zero-order chi connectivity index (χ0) is 18.9. The Kier molecular flexibility index (Phi) is 7.59. The average molecular weight is 362 g/mol. The van der Waals surface area contributed by atoms with Gasteiger partial charge in [-0.25, -0.2) is 4.79 Å². The third kappa shape index (κ3) is 6.15. The number of hydrogen-bond acceptors (Lipinski definition) is 5. The van der Waals surface area contributed by atoms with E-state index in [2.05, 4.69) is 10.6 Å². The van der Waals surface area contributed by atoms with Crippen LogP contribution in [0, 0.1) is 5.92 Å². The highest BCUT2D eigenvalue weighted by Crippen LogP contribution is 2.10. The molecule has 2 atom stereocenters. The summed E-state index contributed by atoms with van der Waals surface area (Å²) >= 11 is 0. The maximum Gasteiger partial charge on any atom is 0.329 e. The van der Waals surface area contributed by atoms with Crippen LogP contribution >= 0.6 is 0 Å². The molecule has 2 N–H and O–H groups in total. The van der Waals surface area contributed by atoms with Crippen molar-refractivity contribution in [2.45, 2.75) is 38.8 Å². The second-order valence-corrected chi connectivity index (χ2v) is 6.61. The summed E-state index contributed by atoms with van der Waals surface area (Å²) in [6.45, 7) is 4.35. The lowest BCUT2D eigenvalue weighted by atomic mass is 10.0. The minimum absolute atomic E-state index is 0.0308. The number of esters is 1. The number of benzene rings is 1. The highest BCUT2D eigenvalue weighted by Gasteiger charge is 2.27. The van der Waals surface area contributed by atoms with E-state index in [1.807, 2.05) is 0 Å². The van der Waals surface area contributed by atoms with Gasteiger partial charge in [-0.15, -0.1) is 0 Å². The van der Waals surface area contributed by atoms with Crippen molar-refractivity contribution in [2.24, 2.45) is 5.92 Å². The molecule has 0 aliphatic carbocycles. The number of nitrogens with one attached hydrogen (secondary N) is 2.